The van der Waals surface area contributed by atoms with Crippen LogP contribution in [0, 0.1) is 54.9 Å². The molecule has 6 rings (SSSR count). The Morgan fingerprint density at radius 1 is 0.625 bits per heavy atom. The molecule has 56 heavy (non-hydrogen) atoms. The number of alkyl halides is 4. The Morgan fingerprint density at radius 3 is 1.43 bits per heavy atom. The fourth-order valence-electron chi connectivity index (χ4n) is 8.62. The Kier molecular flexibility index (Phi) is 19.4. The van der Waals surface area contributed by atoms with Crippen molar-refractivity contribution in [1.82, 2.24) is 0 Å². The summed E-state index contributed by atoms with van der Waals surface area (Å²) in [6.07, 6.45) is 8.13. The predicted molar refractivity (Wildman–Crippen MR) is 216 cm³/mol. The van der Waals surface area contributed by atoms with E-state index in [1.54, 1.807) is 45.0 Å². The molecule has 4 aliphatic rings. The molecule has 0 atom stereocenters. The molecule has 326 valence electrons. The molecule has 10 heteroatoms. The second-order valence-corrected chi connectivity index (χ2v) is 17.4. The summed E-state index contributed by atoms with van der Waals surface area (Å²) in [4.78, 5) is 0. The van der Waals surface area contributed by atoms with Crippen molar-refractivity contribution in [2.75, 3.05) is 6.86 Å². The van der Waals surface area contributed by atoms with Crippen molar-refractivity contribution in [3.63, 3.8) is 0 Å². The lowest BCUT2D eigenvalue weighted by atomic mass is 9.76. The Bertz CT molecular complexity index is 1470. The van der Waals surface area contributed by atoms with Gasteiger partial charge in [0.1, 0.15) is 5.67 Å². The van der Waals surface area contributed by atoms with Gasteiger partial charge in [-0.05, 0) is 164 Å². The molecule has 0 saturated heterocycles. The van der Waals surface area contributed by atoms with Crippen LogP contribution < -0.4 is 0 Å². The van der Waals surface area contributed by atoms with E-state index in [9.17, 15) is 35.1 Å². The molecular weight excluding hydrogens is 736 g/mol. The normalized spacial score (nSPS) is 30.7. The van der Waals surface area contributed by atoms with Gasteiger partial charge in [-0.2, -0.15) is 8.78 Å². The van der Waals surface area contributed by atoms with Crippen LogP contribution in [0.2, 0.25) is 0 Å². The third-order valence-electron chi connectivity index (χ3n) is 12.7. The summed E-state index contributed by atoms with van der Waals surface area (Å²) in [5, 5.41) is 0. The third kappa shape index (κ3) is 13.7. The summed E-state index contributed by atoms with van der Waals surface area (Å²) < 4.78 is 120. The van der Waals surface area contributed by atoms with Gasteiger partial charge < -0.3 is 9.47 Å². The minimum atomic E-state index is -3.12. The summed E-state index contributed by atoms with van der Waals surface area (Å²) in [6, 6.07) is 6.44. The number of halogens is 8. The van der Waals surface area contributed by atoms with Crippen LogP contribution in [0.15, 0.2) is 24.3 Å². The number of ether oxygens (including phenoxy) is 2. The van der Waals surface area contributed by atoms with E-state index in [1.165, 1.54) is 19.8 Å². The van der Waals surface area contributed by atoms with Crippen molar-refractivity contribution in [3.8, 4) is 0 Å². The molecule has 0 unspecified atom stereocenters. The van der Waals surface area contributed by atoms with Gasteiger partial charge in [0.05, 0.1) is 17.6 Å². The SMILES string of the molecule is C.C.CC1CCC(OCF)CC1.Cc1ccc(C2CCC(C)(F)CC2)c(F)c1F.Cc1ccc(C2CCC(C)(OC(F)(F)C3CCC(C)CC3)CC2)c(F)c1F.[HH].[HH]. The van der Waals surface area contributed by atoms with E-state index in [0.717, 1.165) is 31.6 Å². The molecule has 2 aromatic carbocycles. The molecule has 0 radical (unpaired) electrons. The molecule has 0 N–H and O–H groups in total. The van der Waals surface area contributed by atoms with Crippen LogP contribution >= 0.6 is 0 Å². The average Bonchev–Trinajstić information content (AvgIpc) is 3.12. The monoisotopic (exact) mass is 811 g/mol. The van der Waals surface area contributed by atoms with Crippen molar-refractivity contribution in [3.05, 3.63) is 69.8 Å². The summed E-state index contributed by atoms with van der Waals surface area (Å²) in [7, 11) is 0. The summed E-state index contributed by atoms with van der Waals surface area (Å²) in [5.74, 6) is -2.72. The number of benzene rings is 2. The van der Waals surface area contributed by atoms with Crippen molar-refractivity contribution >= 4 is 0 Å². The molecule has 0 spiro atoms. The summed E-state index contributed by atoms with van der Waals surface area (Å²) in [6.45, 7) is 10.1. The Hall–Kier alpha value is -2.20. The van der Waals surface area contributed by atoms with Gasteiger partial charge in [-0.15, -0.1) is 0 Å². The maximum atomic E-state index is 14.7. The standard InChI is InChI=1S/C22H30F4O.C14H17F3.C8H15FO.2CH4.2H2/c1-14-4-7-17(8-5-14)22(25,26)27-21(3)12-10-16(11-13-21)18-9-6-15(2)19(23)20(18)24;1-9-3-4-11(13(16)12(9)15)10-5-7-14(2,17)8-6-10;1-7-2-4-8(5-3-7)10-6-9;;;;/h6,9,14,16-17H,4-5,7-8,10-13H2,1-3H3;3-4,10H,5-8H2,1-2H3;7-8H,2-6H2,1H3;2*1H4;2*1H. The van der Waals surface area contributed by atoms with Crippen LogP contribution in [0.1, 0.15) is 182 Å². The van der Waals surface area contributed by atoms with E-state index in [0.29, 0.717) is 86.8 Å². The molecule has 4 saturated carbocycles. The average molecular weight is 811 g/mol. The molecule has 2 nitrogen and oxygen atoms in total. The van der Waals surface area contributed by atoms with Crippen LogP contribution in [0.3, 0.4) is 0 Å². The highest BCUT2D eigenvalue weighted by molar-refractivity contribution is 5.30. The lowest BCUT2D eigenvalue weighted by Gasteiger charge is -2.42. The van der Waals surface area contributed by atoms with Gasteiger partial charge in [0.15, 0.2) is 30.1 Å². The van der Waals surface area contributed by atoms with Gasteiger partial charge in [-0.25, -0.2) is 26.3 Å². The van der Waals surface area contributed by atoms with Crippen LogP contribution in [-0.2, 0) is 9.47 Å². The van der Waals surface area contributed by atoms with Gasteiger partial charge in [0.2, 0.25) is 0 Å². The smallest absolute Gasteiger partial charge is 0.347 e. The fourth-order valence-corrected chi connectivity index (χ4v) is 8.62. The van der Waals surface area contributed by atoms with Crippen LogP contribution in [0.5, 0.6) is 0 Å². The second-order valence-electron chi connectivity index (χ2n) is 17.4. The highest BCUT2D eigenvalue weighted by Gasteiger charge is 2.48. The quantitative estimate of drug-likeness (QED) is 0.259. The minimum Gasteiger partial charge on any atom is -0.347 e. The highest BCUT2D eigenvalue weighted by Crippen LogP contribution is 2.47. The van der Waals surface area contributed by atoms with Gasteiger partial charge in [-0.1, -0.05) is 65.8 Å². The second kappa shape index (κ2) is 21.7. The first-order valence-electron chi connectivity index (χ1n) is 20.2. The zero-order chi connectivity index (χ0) is 39.8. The molecule has 0 amide bonds. The van der Waals surface area contributed by atoms with Crippen LogP contribution in [0.4, 0.5) is 35.1 Å². The molecule has 0 heterocycles. The minimum absolute atomic E-state index is 0. The number of rotatable bonds is 7. The first-order valence-corrected chi connectivity index (χ1v) is 20.2. The highest BCUT2D eigenvalue weighted by atomic mass is 19.3. The molecule has 0 aromatic heterocycles. The molecule has 4 aliphatic carbocycles. The maximum Gasteiger partial charge on any atom is 0.359 e. The topological polar surface area (TPSA) is 18.5 Å². The van der Waals surface area contributed by atoms with Crippen LogP contribution in [0.25, 0.3) is 0 Å². The first kappa shape index (κ1) is 49.9. The van der Waals surface area contributed by atoms with Gasteiger partial charge in [0.25, 0.3) is 0 Å². The van der Waals surface area contributed by atoms with Gasteiger partial charge in [0, 0.05) is 2.85 Å². The van der Waals surface area contributed by atoms with E-state index >= 15 is 0 Å². The van der Waals surface area contributed by atoms with E-state index in [4.69, 9.17) is 9.47 Å². The predicted octanol–water partition coefficient (Wildman–Crippen LogP) is 16.1. The number of hydrogen-bond acceptors (Lipinski definition) is 2. The zero-order valence-corrected chi connectivity index (χ0v) is 33.1. The van der Waals surface area contributed by atoms with E-state index in [-0.39, 0.29) is 41.2 Å². The van der Waals surface area contributed by atoms with Crippen molar-refractivity contribution < 1.29 is 47.5 Å². The third-order valence-corrected chi connectivity index (χ3v) is 12.7. The summed E-state index contributed by atoms with van der Waals surface area (Å²) in [5.41, 5.74) is -0.699. The van der Waals surface area contributed by atoms with Gasteiger partial charge in [-0.3, -0.25) is 0 Å². The summed E-state index contributed by atoms with van der Waals surface area (Å²) >= 11 is 0. The lowest BCUT2D eigenvalue weighted by Crippen LogP contribution is -2.44. The Balaban J connectivity index is 0.000000902. The molecule has 0 bridgehead atoms. The Labute approximate surface area is 335 Å². The molecule has 2 aromatic rings. The zero-order valence-electron chi connectivity index (χ0n) is 33.1. The van der Waals surface area contributed by atoms with Crippen molar-refractivity contribution in [2.45, 2.75) is 194 Å². The van der Waals surface area contributed by atoms with Gasteiger partial charge >= 0.3 is 6.11 Å². The Morgan fingerprint density at radius 2 is 1.02 bits per heavy atom. The number of hydrogen-bond donors (Lipinski definition) is 0. The molecule has 4 fully saturated rings. The van der Waals surface area contributed by atoms with E-state index in [1.807, 2.05) is 0 Å². The van der Waals surface area contributed by atoms with Crippen molar-refractivity contribution in [2.24, 2.45) is 17.8 Å². The lowest BCUT2D eigenvalue weighted by molar-refractivity contribution is -0.327. The van der Waals surface area contributed by atoms with Crippen molar-refractivity contribution in [1.29, 1.82) is 0 Å². The fraction of sp³-hybridized carbons (Fsp3) is 0.739. The molecule has 0 aliphatic heterocycles. The molecular formula is C46H74F8O2. The largest absolute Gasteiger partial charge is 0.359 e. The maximum absolute atomic E-state index is 14.7. The van der Waals surface area contributed by atoms with Crippen LogP contribution in [-0.4, -0.2) is 30.3 Å². The van der Waals surface area contributed by atoms with E-state index < -0.39 is 53.4 Å². The number of aryl methyl sites for hydroxylation is 2. The van der Waals surface area contributed by atoms with E-state index in [2.05, 4.69) is 13.8 Å². The first-order chi connectivity index (χ1) is 25.3.